The first-order valence-corrected chi connectivity index (χ1v) is 5.94. The summed E-state index contributed by atoms with van der Waals surface area (Å²) in [5, 5.41) is 0. The van der Waals surface area contributed by atoms with E-state index < -0.39 is 0 Å². The monoisotopic (exact) mass is 216 g/mol. The summed E-state index contributed by atoms with van der Waals surface area (Å²) in [4.78, 5) is 0. The Hall–Kier alpha value is -1.30. The predicted octanol–water partition coefficient (Wildman–Crippen LogP) is 5.37. The Morgan fingerprint density at radius 1 is 1.00 bits per heavy atom. The topological polar surface area (TPSA) is 0 Å². The van der Waals surface area contributed by atoms with Gasteiger partial charge in [0.15, 0.2) is 0 Å². The fraction of sp³-hybridized carbons (Fsp3) is 0.375. The highest BCUT2D eigenvalue weighted by Crippen LogP contribution is 2.14. The molecular weight excluding hydrogens is 192 g/mol. The number of allylic oxidation sites excluding steroid dienone is 10. The van der Waals surface area contributed by atoms with Crippen molar-refractivity contribution < 1.29 is 0 Å². The maximum atomic E-state index is 2.16. The van der Waals surface area contributed by atoms with Gasteiger partial charge in [-0.25, -0.2) is 0 Å². The first kappa shape index (κ1) is 14.7. The van der Waals surface area contributed by atoms with Crippen LogP contribution in [-0.2, 0) is 0 Å². The minimum atomic E-state index is 1.09. The zero-order chi connectivity index (χ0) is 12.4. The molecule has 88 valence electrons. The van der Waals surface area contributed by atoms with Gasteiger partial charge in [0.25, 0.3) is 0 Å². The average molecular weight is 216 g/mol. The third kappa shape index (κ3) is 6.23. The summed E-state index contributed by atoms with van der Waals surface area (Å²) in [7, 11) is 0. The second kappa shape index (κ2) is 8.96. The van der Waals surface area contributed by atoms with E-state index in [-0.39, 0.29) is 0 Å². The van der Waals surface area contributed by atoms with Crippen LogP contribution in [-0.4, -0.2) is 0 Å². The van der Waals surface area contributed by atoms with Gasteiger partial charge in [0.05, 0.1) is 0 Å². The van der Waals surface area contributed by atoms with Crippen LogP contribution < -0.4 is 0 Å². The summed E-state index contributed by atoms with van der Waals surface area (Å²) in [6.07, 6.45) is 15.9. The van der Waals surface area contributed by atoms with Crippen molar-refractivity contribution in [3.63, 3.8) is 0 Å². The Bertz CT molecular complexity index is 333. The van der Waals surface area contributed by atoms with Crippen molar-refractivity contribution in [1.82, 2.24) is 0 Å². The highest BCUT2D eigenvalue weighted by Gasteiger charge is 1.94. The molecule has 0 N–H and O–H groups in total. The van der Waals surface area contributed by atoms with Crippen molar-refractivity contribution >= 4 is 0 Å². The molecule has 0 unspecified atom stereocenters. The Labute approximate surface area is 101 Å². The van der Waals surface area contributed by atoms with Crippen LogP contribution in [0.4, 0.5) is 0 Å². The van der Waals surface area contributed by atoms with Crippen molar-refractivity contribution in [3.05, 3.63) is 59.3 Å². The number of rotatable bonds is 5. The normalized spacial score (nSPS) is 15.4. The summed E-state index contributed by atoms with van der Waals surface area (Å²) < 4.78 is 0. The fourth-order valence-electron chi connectivity index (χ4n) is 1.29. The molecule has 0 bridgehead atoms. The highest BCUT2D eigenvalue weighted by molar-refractivity contribution is 5.38. The van der Waals surface area contributed by atoms with E-state index in [4.69, 9.17) is 0 Å². The molecule has 16 heavy (non-hydrogen) atoms. The lowest BCUT2D eigenvalue weighted by Gasteiger charge is -2.03. The fourth-order valence-corrected chi connectivity index (χ4v) is 1.29. The van der Waals surface area contributed by atoms with Crippen LogP contribution in [0.2, 0.25) is 0 Å². The molecule has 0 aromatic heterocycles. The molecule has 0 fully saturated rings. The summed E-state index contributed by atoms with van der Waals surface area (Å²) in [5.41, 5.74) is 3.99. The van der Waals surface area contributed by atoms with E-state index >= 15 is 0 Å². The molecule has 0 heteroatoms. The van der Waals surface area contributed by atoms with Gasteiger partial charge in [-0.15, -0.1) is 0 Å². The maximum Gasteiger partial charge on any atom is -0.0376 e. The van der Waals surface area contributed by atoms with Crippen LogP contribution in [0.5, 0.6) is 0 Å². The summed E-state index contributed by atoms with van der Waals surface area (Å²) in [6.45, 7) is 10.6. The molecule has 0 aromatic carbocycles. The first-order chi connectivity index (χ1) is 7.63. The van der Waals surface area contributed by atoms with E-state index in [0.717, 1.165) is 6.42 Å². The highest BCUT2D eigenvalue weighted by atomic mass is 14.0. The second-order valence-corrected chi connectivity index (χ2v) is 3.88. The summed E-state index contributed by atoms with van der Waals surface area (Å²) >= 11 is 0. The molecule has 0 aliphatic carbocycles. The van der Waals surface area contributed by atoms with Crippen molar-refractivity contribution in [2.75, 3.05) is 0 Å². The van der Waals surface area contributed by atoms with Gasteiger partial charge >= 0.3 is 0 Å². The largest absolute Gasteiger partial charge is 0.0874 e. The first-order valence-electron chi connectivity index (χ1n) is 5.94. The maximum absolute atomic E-state index is 2.16. The Kier molecular flexibility index (Phi) is 8.24. The average Bonchev–Trinajstić information content (AvgIpc) is 2.27. The van der Waals surface area contributed by atoms with Gasteiger partial charge < -0.3 is 0 Å². The van der Waals surface area contributed by atoms with Gasteiger partial charge in [-0.2, -0.15) is 0 Å². The standard InChI is InChI=1S/C16H24/c1-6-8-9-10-11-13-15(4)16(5)14(3)12-7-2/h7-13H,6H2,1-5H3/b9-8-,11-10+,12-7-,15-13-,16-14+. The zero-order valence-electron chi connectivity index (χ0n) is 11.2. The molecule has 0 aliphatic heterocycles. The Balaban J connectivity index is 4.61. The van der Waals surface area contributed by atoms with Crippen molar-refractivity contribution in [3.8, 4) is 0 Å². The van der Waals surface area contributed by atoms with E-state index in [1.807, 2.05) is 6.92 Å². The van der Waals surface area contributed by atoms with Crippen LogP contribution in [0.1, 0.15) is 41.0 Å². The van der Waals surface area contributed by atoms with Crippen LogP contribution in [0, 0.1) is 0 Å². The Morgan fingerprint density at radius 2 is 1.69 bits per heavy atom. The van der Waals surface area contributed by atoms with Gasteiger partial charge in [-0.05, 0) is 50.8 Å². The van der Waals surface area contributed by atoms with E-state index in [1.165, 1.54) is 16.7 Å². The van der Waals surface area contributed by atoms with Crippen molar-refractivity contribution in [2.24, 2.45) is 0 Å². The van der Waals surface area contributed by atoms with Gasteiger partial charge in [0.2, 0.25) is 0 Å². The van der Waals surface area contributed by atoms with Crippen LogP contribution in [0.15, 0.2) is 59.3 Å². The van der Waals surface area contributed by atoms with Gasteiger partial charge in [0, 0.05) is 0 Å². The molecule has 0 spiro atoms. The molecule has 0 aromatic rings. The van der Waals surface area contributed by atoms with Crippen molar-refractivity contribution in [1.29, 1.82) is 0 Å². The minimum Gasteiger partial charge on any atom is -0.0874 e. The second-order valence-electron chi connectivity index (χ2n) is 3.88. The zero-order valence-corrected chi connectivity index (χ0v) is 11.2. The van der Waals surface area contributed by atoms with E-state index in [9.17, 15) is 0 Å². The predicted molar refractivity (Wildman–Crippen MR) is 75.5 cm³/mol. The van der Waals surface area contributed by atoms with Gasteiger partial charge in [-0.1, -0.05) is 49.5 Å². The van der Waals surface area contributed by atoms with Crippen LogP contribution >= 0.6 is 0 Å². The number of hydrogen-bond acceptors (Lipinski definition) is 0. The molecule has 0 heterocycles. The third-order valence-electron chi connectivity index (χ3n) is 2.54. The lowest BCUT2D eigenvalue weighted by molar-refractivity contribution is 1.22. The molecule has 0 nitrogen and oxygen atoms in total. The quantitative estimate of drug-likeness (QED) is 0.542. The van der Waals surface area contributed by atoms with E-state index in [2.05, 4.69) is 70.2 Å². The Morgan fingerprint density at radius 3 is 2.25 bits per heavy atom. The van der Waals surface area contributed by atoms with E-state index in [0.29, 0.717) is 0 Å². The minimum absolute atomic E-state index is 1.09. The molecule has 0 aliphatic rings. The molecule has 0 atom stereocenters. The molecule has 0 amide bonds. The van der Waals surface area contributed by atoms with Crippen LogP contribution in [0.3, 0.4) is 0 Å². The van der Waals surface area contributed by atoms with Crippen molar-refractivity contribution in [2.45, 2.75) is 41.0 Å². The molecule has 0 saturated carbocycles. The summed E-state index contributed by atoms with van der Waals surface area (Å²) in [6, 6.07) is 0. The lowest BCUT2D eigenvalue weighted by atomic mass is 10.0. The van der Waals surface area contributed by atoms with Crippen LogP contribution in [0.25, 0.3) is 0 Å². The smallest absolute Gasteiger partial charge is 0.0376 e. The molecule has 0 rings (SSSR count). The molecule has 0 radical (unpaired) electrons. The van der Waals surface area contributed by atoms with E-state index in [1.54, 1.807) is 0 Å². The number of hydrogen-bond donors (Lipinski definition) is 0. The van der Waals surface area contributed by atoms with Gasteiger partial charge in [0.1, 0.15) is 0 Å². The lowest BCUT2D eigenvalue weighted by Crippen LogP contribution is -1.83. The molecule has 0 saturated heterocycles. The van der Waals surface area contributed by atoms with Gasteiger partial charge in [-0.3, -0.25) is 0 Å². The third-order valence-corrected chi connectivity index (χ3v) is 2.54. The molecular formula is C16H24. The summed E-state index contributed by atoms with van der Waals surface area (Å²) in [5.74, 6) is 0. The SMILES string of the molecule is C\C=C/C(C)=C(C)/C(C)=C\C=C\C=C/CC.